The van der Waals surface area contributed by atoms with E-state index in [9.17, 15) is 4.39 Å². The van der Waals surface area contributed by atoms with Crippen LogP contribution in [0.15, 0.2) is 70.4 Å². The molecule has 6 nitrogen and oxygen atoms in total. The van der Waals surface area contributed by atoms with Crippen LogP contribution in [-0.2, 0) is 5.75 Å². The van der Waals surface area contributed by atoms with E-state index in [1.165, 1.54) is 23.9 Å². The molecule has 4 aromatic rings. The van der Waals surface area contributed by atoms with Crippen molar-refractivity contribution in [3.05, 3.63) is 72.3 Å². The summed E-state index contributed by atoms with van der Waals surface area (Å²) in [5, 5.41) is 13.1. The first kappa shape index (κ1) is 18.2. The van der Waals surface area contributed by atoms with Crippen LogP contribution in [0.4, 0.5) is 4.39 Å². The summed E-state index contributed by atoms with van der Waals surface area (Å²) in [5.41, 5.74) is 2.26. The van der Waals surface area contributed by atoms with E-state index in [1.807, 2.05) is 37.3 Å². The van der Waals surface area contributed by atoms with Crippen molar-refractivity contribution < 1.29 is 13.5 Å². The lowest BCUT2D eigenvalue weighted by Crippen LogP contribution is -1.96. The van der Waals surface area contributed by atoms with Crippen molar-refractivity contribution in [1.29, 1.82) is 0 Å². The van der Waals surface area contributed by atoms with Crippen LogP contribution in [0, 0.1) is 5.82 Å². The second kappa shape index (κ2) is 8.26. The summed E-state index contributed by atoms with van der Waals surface area (Å²) in [5.74, 6) is 1.38. The molecule has 0 atom stereocenters. The highest BCUT2D eigenvalue weighted by Crippen LogP contribution is 2.31. The molecule has 0 aliphatic heterocycles. The minimum Gasteiger partial charge on any atom is -0.493 e. The molecule has 0 bridgehead atoms. The summed E-state index contributed by atoms with van der Waals surface area (Å²) in [6.07, 6.45) is 1.79. The van der Waals surface area contributed by atoms with Gasteiger partial charge in [0.25, 0.3) is 11.1 Å². The zero-order valence-electron chi connectivity index (χ0n) is 15.1. The van der Waals surface area contributed by atoms with Crippen molar-refractivity contribution in [2.75, 3.05) is 6.61 Å². The van der Waals surface area contributed by atoms with Gasteiger partial charge >= 0.3 is 0 Å². The number of aromatic nitrogens is 4. The largest absolute Gasteiger partial charge is 0.493 e. The molecule has 0 aliphatic carbocycles. The summed E-state index contributed by atoms with van der Waals surface area (Å²) in [4.78, 5) is 0. The van der Waals surface area contributed by atoms with Gasteiger partial charge in [0.15, 0.2) is 0 Å². The minimum absolute atomic E-state index is 0.297. The van der Waals surface area contributed by atoms with Crippen molar-refractivity contribution in [1.82, 2.24) is 20.0 Å². The summed E-state index contributed by atoms with van der Waals surface area (Å²) in [7, 11) is 0. The molecule has 0 saturated carbocycles. The number of rotatable bonds is 7. The van der Waals surface area contributed by atoms with Gasteiger partial charge in [0.05, 0.1) is 23.6 Å². The Labute approximate surface area is 165 Å². The first-order chi connectivity index (χ1) is 13.7. The predicted molar refractivity (Wildman–Crippen MR) is 104 cm³/mol. The molecule has 0 spiro atoms. The fourth-order valence-corrected chi connectivity index (χ4v) is 3.30. The number of hydrogen-bond donors (Lipinski definition) is 0. The van der Waals surface area contributed by atoms with E-state index < -0.39 is 0 Å². The lowest BCUT2D eigenvalue weighted by atomic mass is 10.2. The summed E-state index contributed by atoms with van der Waals surface area (Å²) in [6, 6.07) is 15.7. The van der Waals surface area contributed by atoms with Crippen molar-refractivity contribution in [3.63, 3.8) is 0 Å². The zero-order valence-corrected chi connectivity index (χ0v) is 15.9. The maximum Gasteiger partial charge on any atom is 0.277 e. The SMILES string of the molecule is CCOc1ccccc1-c1nnc(SCc2ccn(-c3cccc(F)c3)n2)o1. The second-order valence-corrected chi connectivity index (χ2v) is 6.75. The quantitative estimate of drug-likeness (QED) is 0.420. The minimum atomic E-state index is -0.297. The van der Waals surface area contributed by atoms with Gasteiger partial charge in [-0.1, -0.05) is 30.0 Å². The molecule has 0 aliphatic rings. The predicted octanol–water partition coefficient (Wildman–Crippen LogP) is 4.75. The van der Waals surface area contributed by atoms with Crippen molar-refractivity contribution in [3.8, 4) is 22.9 Å². The molecular weight excluding hydrogens is 379 g/mol. The highest BCUT2D eigenvalue weighted by molar-refractivity contribution is 7.98. The van der Waals surface area contributed by atoms with Crippen LogP contribution in [0.25, 0.3) is 17.1 Å². The summed E-state index contributed by atoms with van der Waals surface area (Å²) < 4.78 is 26.4. The maximum atomic E-state index is 13.4. The monoisotopic (exact) mass is 396 g/mol. The van der Waals surface area contributed by atoms with Gasteiger partial charge < -0.3 is 9.15 Å². The molecule has 2 heterocycles. The van der Waals surface area contributed by atoms with Crippen molar-refractivity contribution >= 4 is 11.8 Å². The number of hydrogen-bond acceptors (Lipinski definition) is 6. The Morgan fingerprint density at radius 1 is 1.11 bits per heavy atom. The lowest BCUT2D eigenvalue weighted by Gasteiger charge is -2.05. The number of benzene rings is 2. The molecule has 2 aromatic carbocycles. The van der Waals surface area contributed by atoms with Gasteiger partial charge in [0, 0.05) is 11.9 Å². The van der Waals surface area contributed by atoms with E-state index in [1.54, 1.807) is 23.0 Å². The van der Waals surface area contributed by atoms with Gasteiger partial charge in [-0.3, -0.25) is 0 Å². The fraction of sp³-hybridized carbons (Fsp3) is 0.150. The number of para-hydroxylation sites is 1. The first-order valence-corrected chi connectivity index (χ1v) is 9.70. The summed E-state index contributed by atoms with van der Waals surface area (Å²) in [6.45, 7) is 2.48. The van der Waals surface area contributed by atoms with E-state index in [0.717, 1.165) is 11.3 Å². The van der Waals surface area contributed by atoms with Gasteiger partial charge in [-0.25, -0.2) is 9.07 Å². The molecule has 0 saturated heterocycles. The summed E-state index contributed by atoms with van der Waals surface area (Å²) >= 11 is 1.39. The van der Waals surface area contributed by atoms with Crippen LogP contribution < -0.4 is 4.74 Å². The van der Waals surface area contributed by atoms with Crippen molar-refractivity contribution in [2.24, 2.45) is 0 Å². The Morgan fingerprint density at radius 2 is 2.00 bits per heavy atom. The number of halogens is 1. The van der Waals surface area contributed by atoms with Crippen LogP contribution in [0.1, 0.15) is 12.6 Å². The molecule has 2 aromatic heterocycles. The Balaban J connectivity index is 1.44. The molecular formula is C20H17FN4O2S. The molecule has 142 valence electrons. The standard InChI is InChI=1S/C20H17FN4O2S/c1-2-26-18-9-4-3-8-17(18)19-22-23-20(27-19)28-13-15-10-11-25(24-15)16-7-5-6-14(21)12-16/h3-12H,2,13H2,1H3. The van der Waals surface area contributed by atoms with Gasteiger partial charge in [-0.2, -0.15) is 5.10 Å². The van der Waals surface area contributed by atoms with E-state index in [-0.39, 0.29) is 5.82 Å². The highest BCUT2D eigenvalue weighted by Gasteiger charge is 2.14. The molecule has 28 heavy (non-hydrogen) atoms. The van der Waals surface area contributed by atoms with Crippen LogP contribution in [-0.4, -0.2) is 26.6 Å². The van der Waals surface area contributed by atoms with E-state index >= 15 is 0 Å². The van der Waals surface area contributed by atoms with Crippen LogP contribution in [0.2, 0.25) is 0 Å². The Hall–Kier alpha value is -3.13. The number of ether oxygens (including phenoxy) is 1. The van der Waals surface area contributed by atoms with Crippen LogP contribution in [0.5, 0.6) is 5.75 Å². The van der Waals surface area contributed by atoms with Crippen molar-refractivity contribution in [2.45, 2.75) is 17.9 Å². The average molecular weight is 396 g/mol. The second-order valence-electron chi connectivity index (χ2n) is 5.82. The van der Waals surface area contributed by atoms with E-state index in [2.05, 4.69) is 15.3 Å². The third kappa shape index (κ3) is 4.07. The molecule has 4 rings (SSSR count). The average Bonchev–Trinajstić information content (AvgIpc) is 3.37. The van der Waals surface area contributed by atoms with E-state index in [0.29, 0.717) is 34.9 Å². The van der Waals surface area contributed by atoms with Gasteiger partial charge in [0.1, 0.15) is 11.6 Å². The third-order valence-electron chi connectivity index (χ3n) is 3.88. The van der Waals surface area contributed by atoms with Crippen LogP contribution in [0.3, 0.4) is 0 Å². The van der Waals surface area contributed by atoms with E-state index in [4.69, 9.17) is 9.15 Å². The topological polar surface area (TPSA) is 66.0 Å². The smallest absolute Gasteiger partial charge is 0.277 e. The number of thioether (sulfide) groups is 1. The fourth-order valence-electron chi connectivity index (χ4n) is 2.64. The molecule has 8 heteroatoms. The first-order valence-electron chi connectivity index (χ1n) is 8.72. The van der Waals surface area contributed by atoms with Gasteiger partial charge in [-0.05, 0) is 43.3 Å². The lowest BCUT2D eigenvalue weighted by molar-refractivity contribution is 0.340. The maximum absolute atomic E-state index is 13.4. The highest BCUT2D eigenvalue weighted by atomic mass is 32.2. The normalized spacial score (nSPS) is 10.9. The Morgan fingerprint density at radius 3 is 2.86 bits per heavy atom. The molecule has 0 amide bonds. The van der Waals surface area contributed by atoms with Gasteiger partial charge in [-0.15, -0.1) is 10.2 Å². The van der Waals surface area contributed by atoms with Crippen LogP contribution >= 0.6 is 11.8 Å². The molecule has 0 radical (unpaired) electrons. The Kier molecular flexibility index (Phi) is 5.38. The third-order valence-corrected chi connectivity index (χ3v) is 4.74. The van der Waals surface area contributed by atoms with Gasteiger partial charge in [0.2, 0.25) is 0 Å². The Bertz CT molecular complexity index is 1080. The zero-order chi connectivity index (χ0) is 19.3. The molecule has 0 unspecified atom stereocenters. The number of nitrogens with zero attached hydrogens (tertiary/aromatic N) is 4. The molecule has 0 N–H and O–H groups in total. The molecule has 0 fully saturated rings.